The molecule has 0 aliphatic carbocycles. The van der Waals surface area contributed by atoms with Gasteiger partial charge >= 0.3 is 5.97 Å². The Labute approximate surface area is 129 Å². The standard InChI is InChI=1S/C16H20N2O2S/c1-10-7-11-12(8-18-10)13(17)5-6-14(11)21-9-15(19)20-16(2,3)4/h5-8H,9,17H2,1-4H3. The summed E-state index contributed by atoms with van der Waals surface area (Å²) < 4.78 is 5.32. The summed E-state index contributed by atoms with van der Waals surface area (Å²) >= 11 is 1.46. The average Bonchev–Trinajstić information content (AvgIpc) is 2.35. The number of hydrogen-bond acceptors (Lipinski definition) is 5. The van der Waals surface area contributed by atoms with Crippen LogP contribution < -0.4 is 5.73 Å². The number of thioether (sulfide) groups is 1. The zero-order valence-corrected chi connectivity index (χ0v) is 13.6. The van der Waals surface area contributed by atoms with Crippen LogP contribution in [-0.4, -0.2) is 22.3 Å². The largest absolute Gasteiger partial charge is 0.459 e. The molecule has 0 atom stereocenters. The molecule has 4 nitrogen and oxygen atoms in total. The van der Waals surface area contributed by atoms with E-state index in [4.69, 9.17) is 10.5 Å². The Morgan fingerprint density at radius 2 is 2.05 bits per heavy atom. The Bertz CT molecular complexity index is 678. The predicted molar refractivity (Wildman–Crippen MR) is 87.5 cm³/mol. The maximum atomic E-state index is 11.8. The minimum atomic E-state index is -0.457. The molecular formula is C16H20N2O2S. The summed E-state index contributed by atoms with van der Waals surface area (Å²) in [6.45, 7) is 7.53. The molecule has 5 heteroatoms. The maximum Gasteiger partial charge on any atom is 0.316 e. The van der Waals surface area contributed by atoms with Gasteiger partial charge in [0.25, 0.3) is 0 Å². The molecule has 1 aromatic carbocycles. The third-order valence-electron chi connectivity index (χ3n) is 2.80. The monoisotopic (exact) mass is 304 g/mol. The smallest absolute Gasteiger partial charge is 0.316 e. The molecule has 0 saturated heterocycles. The summed E-state index contributed by atoms with van der Waals surface area (Å²) in [5.41, 5.74) is 7.13. The molecule has 1 aromatic heterocycles. The van der Waals surface area contributed by atoms with Crippen LogP contribution in [0, 0.1) is 6.92 Å². The lowest BCUT2D eigenvalue weighted by molar-refractivity contribution is -0.151. The van der Waals surface area contributed by atoms with Gasteiger partial charge in [-0.2, -0.15) is 0 Å². The molecule has 112 valence electrons. The van der Waals surface area contributed by atoms with Gasteiger partial charge in [0.15, 0.2) is 0 Å². The van der Waals surface area contributed by atoms with Gasteiger partial charge in [-0.15, -0.1) is 11.8 Å². The van der Waals surface area contributed by atoms with E-state index in [1.54, 1.807) is 6.20 Å². The van der Waals surface area contributed by atoms with Gasteiger partial charge in [0, 0.05) is 33.2 Å². The third kappa shape index (κ3) is 4.11. The number of aryl methyl sites for hydroxylation is 1. The normalized spacial score (nSPS) is 11.6. The van der Waals surface area contributed by atoms with Crippen LogP contribution in [0.1, 0.15) is 26.5 Å². The molecule has 0 fully saturated rings. The molecule has 0 amide bonds. The van der Waals surface area contributed by atoms with Gasteiger partial charge in [-0.1, -0.05) is 0 Å². The van der Waals surface area contributed by atoms with Crippen molar-refractivity contribution >= 4 is 34.2 Å². The topological polar surface area (TPSA) is 65.2 Å². The van der Waals surface area contributed by atoms with Crippen LogP contribution in [0.15, 0.2) is 29.3 Å². The van der Waals surface area contributed by atoms with E-state index in [1.807, 2.05) is 45.9 Å². The van der Waals surface area contributed by atoms with Crippen LogP contribution >= 0.6 is 11.8 Å². The number of benzene rings is 1. The first kappa shape index (κ1) is 15.6. The van der Waals surface area contributed by atoms with Crippen molar-refractivity contribution in [1.29, 1.82) is 0 Å². The highest BCUT2D eigenvalue weighted by molar-refractivity contribution is 8.00. The summed E-state index contributed by atoms with van der Waals surface area (Å²) in [4.78, 5) is 17.1. The quantitative estimate of drug-likeness (QED) is 0.533. The Morgan fingerprint density at radius 1 is 1.33 bits per heavy atom. The van der Waals surface area contributed by atoms with Crippen LogP contribution in [0.2, 0.25) is 0 Å². The highest BCUT2D eigenvalue weighted by atomic mass is 32.2. The van der Waals surface area contributed by atoms with Gasteiger partial charge in [-0.25, -0.2) is 0 Å². The second-order valence-corrected chi connectivity index (χ2v) is 6.92. The Balaban J connectivity index is 2.21. The summed E-state index contributed by atoms with van der Waals surface area (Å²) in [6.07, 6.45) is 1.78. The van der Waals surface area contributed by atoms with E-state index >= 15 is 0 Å². The lowest BCUT2D eigenvalue weighted by Gasteiger charge is -2.19. The van der Waals surface area contributed by atoms with Gasteiger partial charge in [0.2, 0.25) is 0 Å². The number of anilines is 1. The Kier molecular flexibility index (Phi) is 4.42. The number of aromatic nitrogens is 1. The molecular weight excluding hydrogens is 284 g/mol. The van der Waals surface area contributed by atoms with Gasteiger partial charge in [0.05, 0.1) is 5.75 Å². The molecule has 0 bridgehead atoms. The van der Waals surface area contributed by atoms with Crippen LogP contribution in [-0.2, 0) is 9.53 Å². The number of nitrogens with two attached hydrogens (primary N) is 1. The fourth-order valence-corrected chi connectivity index (χ4v) is 2.79. The molecule has 0 aliphatic heterocycles. The van der Waals surface area contributed by atoms with Crippen molar-refractivity contribution in [3.63, 3.8) is 0 Å². The van der Waals surface area contributed by atoms with Crippen LogP contribution in [0.4, 0.5) is 5.69 Å². The average molecular weight is 304 g/mol. The number of pyridine rings is 1. The first-order valence-corrected chi connectivity index (χ1v) is 7.74. The number of hydrogen-bond donors (Lipinski definition) is 1. The lowest BCUT2D eigenvalue weighted by Crippen LogP contribution is -2.24. The number of nitrogen functional groups attached to an aromatic ring is 1. The highest BCUT2D eigenvalue weighted by Gasteiger charge is 2.17. The number of carbonyl (C=O) groups is 1. The molecule has 0 radical (unpaired) electrons. The van der Waals surface area contributed by atoms with Gasteiger partial charge < -0.3 is 10.5 Å². The lowest BCUT2D eigenvalue weighted by atomic mass is 10.1. The first-order valence-electron chi connectivity index (χ1n) is 6.76. The zero-order valence-electron chi connectivity index (χ0n) is 12.8. The minimum absolute atomic E-state index is 0.219. The van der Waals surface area contributed by atoms with Crippen molar-refractivity contribution in [2.75, 3.05) is 11.5 Å². The van der Waals surface area contributed by atoms with Gasteiger partial charge in [-0.3, -0.25) is 9.78 Å². The summed E-state index contributed by atoms with van der Waals surface area (Å²) in [6, 6.07) is 5.77. The number of nitrogens with zero attached hydrogens (tertiary/aromatic N) is 1. The molecule has 0 spiro atoms. The summed E-state index contributed by atoms with van der Waals surface area (Å²) in [5.74, 6) is 0.0562. The van der Waals surface area contributed by atoms with Crippen molar-refractivity contribution in [1.82, 2.24) is 4.98 Å². The van der Waals surface area contributed by atoms with Crippen molar-refractivity contribution < 1.29 is 9.53 Å². The van der Waals surface area contributed by atoms with Crippen molar-refractivity contribution in [2.45, 2.75) is 38.2 Å². The SMILES string of the molecule is Cc1cc2c(SCC(=O)OC(C)(C)C)ccc(N)c2cn1. The minimum Gasteiger partial charge on any atom is -0.459 e. The highest BCUT2D eigenvalue weighted by Crippen LogP contribution is 2.31. The fraction of sp³-hybridized carbons (Fsp3) is 0.375. The Hall–Kier alpha value is -1.75. The number of carbonyl (C=O) groups excluding carboxylic acids is 1. The maximum absolute atomic E-state index is 11.8. The van der Waals surface area contributed by atoms with Gasteiger partial charge in [0.1, 0.15) is 5.60 Å². The number of fused-ring (bicyclic) bond motifs is 1. The molecule has 0 saturated carbocycles. The molecule has 1 heterocycles. The first-order chi connectivity index (χ1) is 9.76. The van der Waals surface area contributed by atoms with Crippen LogP contribution in [0.25, 0.3) is 10.8 Å². The third-order valence-corrected chi connectivity index (χ3v) is 3.84. The van der Waals surface area contributed by atoms with Gasteiger partial charge in [-0.05, 0) is 45.9 Å². The van der Waals surface area contributed by atoms with Crippen molar-refractivity contribution in [3.8, 4) is 0 Å². The zero-order chi connectivity index (χ0) is 15.6. The van der Waals surface area contributed by atoms with Crippen molar-refractivity contribution in [2.24, 2.45) is 0 Å². The Morgan fingerprint density at radius 3 is 2.71 bits per heavy atom. The second kappa shape index (κ2) is 5.93. The van der Waals surface area contributed by atoms with E-state index in [2.05, 4.69) is 4.98 Å². The fourth-order valence-electron chi connectivity index (χ4n) is 1.97. The molecule has 2 N–H and O–H groups in total. The van der Waals surface area contributed by atoms with E-state index in [0.29, 0.717) is 5.69 Å². The van der Waals surface area contributed by atoms with E-state index in [0.717, 1.165) is 21.4 Å². The van der Waals surface area contributed by atoms with E-state index < -0.39 is 5.60 Å². The number of rotatable bonds is 3. The second-order valence-electron chi connectivity index (χ2n) is 5.90. The van der Waals surface area contributed by atoms with E-state index in [-0.39, 0.29) is 11.7 Å². The van der Waals surface area contributed by atoms with Crippen LogP contribution in [0.5, 0.6) is 0 Å². The summed E-state index contributed by atoms with van der Waals surface area (Å²) in [7, 11) is 0. The van der Waals surface area contributed by atoms with E-state index in [1.165, 1.54) is 11.8 Å². The summed E-state index contributed by atoms with van der Waals surface area (Å²) in [5, 5.41) is 1.94. The molecule has 2 aromatic rings. The number of esters is 1. The number of ether oxygens (including phenoxy) is 1. The molecule has 0 aliphatic rings. The predicted octanol–water partition coefficient (Wildman–Crippen LogP) is 3.56. The van der Waals surface area contributed by atoms with Crippen LogP contribution in [0.3, 0.4) is 0 Å². The molecule has 21 heavy (non-hydrogen) atoms. The van der Waals surface area contributed by atoms with Crippen molar-refractivity contribution in [3.05, 3.63) is 30.1 Å². The molecule has 2 rings (SSSR count). The van der Waals surface area contributed by atoms with E-state index in [9.17, 15) is 4.79 Å². The molecule has 0 unspecified atom stereocenters.